The predicted octanol–water partition coefficient (Wildman–Crippen LogP) is 4.69. The van der Waals surface area contributed by atoms with E-state index in [9.17, 15) is 17.6 Å². The van der Waals surface area contributed by atoms with Crippen molar-refractivity contribution in [1.29, 1.82) is 0 Å². The number of sulfone groups is 1. The number of anilines is 1. The van der Waals surface area contributed by atoms with Crippen molar-refractivity contribution in [1.82, 2.24) is 24.5 Å². The zero-order chi connectivity index (χ0) is 33.0. The summed E-state index contributed by atoms with van der Waals surface area (Å²) in [5.74, 6) is -0.624. The Balaban J connectivity index is 1.24. The standard InChI is InChI=1S/C33H35FN8O4S/c1-4-18-11-12-37-40-29(18)33(43)41-22-7-8-23(41)14-21(13-22)28-30(47(3,44)45)31(35)42-32(39-28)24(17-38-42)20-5-9-26(36-16-20)19-6-10-27(46-2)25(34)15-19/h5-6,9-10,12,15-18,21-23H,4,7-8,11,13-14,35H2,1-3H3. The number of rotatable bonds is 7. The summed E-state index contributed by atoms with van der Waals surface area (Å²) in [6, 6.07) is 8.08. The van der Waals surface area contributed by atoms with Crippen LogP contribution >= 0.6 is 0 Å². The number of halogens is 1. The minimum absolute atomic E-state index is 0.0110. The first-order valence-electron chi connectivity index (χ1n) is 15.7. The van der Waals surface area contributed by atoms with Crippen LogP contribution in [-0.4, -0.2) is 76.2 Å². The molecule has 47 heavy (non-hydrogen) atoms. The second-order valence-corrected chi connectivity index (χ2v) is 14.4. The number of methoxy groups -OCH3 is 1. The number of pyridine rings is 1. The third-order valence-electron chi connectivity index (χ3n) is 9.65. The first-order chi connectivity index (χ1) is 22.6. The first kappa shape index (κ1) is 30.9. The number of fused-ring (bicyclic) bond motifs is 3. The molecule has 6 heterocycles. The minimum Gasteiger partial charge on any atom is -0.494 e. The minimum atomic E-state index is -3.79. The van der Waals surface area contributed by atoms with Crippen molar-refractivity contribution in [3.05, 3.63) is 54.2 Å². The van der Waals surface area contributed by atoms with Crippen LogP contribution in [0, 0.1) is 11.7 Å². The molecule has 3 aliphatic rings. The fourth-order valence-corrected chi connectivity index (χ4v) is 8.40. The lowest BCUT2D eigenvalue weighted by molar-refractivity contribution is -0.128. The van der Waals surface area contributed by atoms with Crippen LogP contribution in [0.5, 0.6) is 5.75 Å². The molecular formula is C33H35FN8O4S. The van der Waals surface area contributed by atoms with Crippen LogP contribution in [0.1, 0.15) is 57.1 Å². The smallest absolute Gasteiger partial charge is 0.270 e. The number of benzene rings is 1. The second-order valence-electron chi connectivity index (χ2n) is 12.4. The van der Waals surface area contributed by atoms with E-state index in [1.807, 2.05) is 17.9 Å². The number of aromatic nitrogens is 4. The average Bonchev–Trinajstić information content (AvgIpc) is 3.61. The number of piperidine rings is 1. The third kappa shape index (κ3) is 5.33. The van der Waals surface area contributed by atoms with Crippen molar-refractivity contribution in [2.24, 2.45) is 16.1 Å². The number of hydrogen-bond acceptors (Lipinski definition) is 10. The number of carbonyl (C=O) groups excluding carboxylic acids is 1. The van der Waals surface area contributed by atoms with Crippen molar-refractivity contribution in [2.45, 2.75) is 68.3 Å². The molecule has 3 atom stereocenters. The van der Waals surface area contributed by atoms with Crippen molar-refractivity contribution in [2.75, 3.05) is 19.1 Å². The van der Waals surface area contributed by atoms with Gasteiger partial charge < -0.3 is 15.4 Å². The van der Waals surface area contributed by atoms with Crippen molar-refractivity contribution in [3.8, 4) is 28.1 Å². The van der Waals surface area contributed by atoms with Gasteiger partial charge in [-0.15, -0.1) is 5.10 Å². The lowest BCUT2D eigenvalue weighted by atomic mass is 9.86. The molecule has 2 bridgehead atoms. The maximum atomic E-state index is 14.3. The van der Waals surface area contributed by atoms with E-state index in [4.69, 9.17) is 15.5 Å². The highest BCUT2D eigenvalue weighted by molar-refractivity contribution is 7.91. The molecule has 14 heteroatoms. The van der Waals surface area contributed by atoms with E-state index in [1.165, 1.54) is 17.7 Å². The van der Waals surface area contributed by atoms with Gasteiger partial charge in [-0.2, -0.15) is 14.7 Å². The third-order valence-corrected chi connectivity index (χ3v) is 10.8. The molecule has 2 N–H and O–H groups in total. The molecule has 0 spiro atoms. The molecule has 7 rings (SSSR count). The SMILES string of the molecule is CCC1CC=NN=C1C(=O)N1C2CCC1CC(c1nc3c(-c4ccc(-c5ccc(OC)c(F)c5)nc4)cnn3c(N)c1S(C)(=O)=O)C2. The molecule has 0 radical (unpaired) electrons. The number of hydrogen-bond donors (Lipinski definition) is 1. The summed E-state index contributed by atoms with van der Waals surface area (Å²) < 4.78 is 47.1. The Morgan fingerprint density at radius 1 is 1.11 bits per heavy atom. The fourth-order valence-electron chi connectivity index (χ4n) is 7.34. The summed E-state index contributed by atoms with van der Waals surface area (Å²) in [7, 11) is -2.38. The van der Waals surface area contributed by atoms with Crippen LogP contribution in [0.2, 0.25) is 0 Å². The highest BCUT2D eigenvalue weighted by Gasteiger charge is 2.47. The molecule has 2 fully saturated rings. The van der Waals surface area contributed by atoms with Crippen molar-refractivity contribution >= 4 is 39.1 Å². The largest absolute Gasteiger partial charge is 0.494 e. The zero-order valence-corrected chi connectivity index (χ0v) is 27.1. The van der Waals surface area contributed by atoms with Crippen LogP contribution in [0.3, 0.4) is 0 Å². The predicted molar refractivity (Wildman–Crippen MR) is 176 cm³/mol. The highest BCUT2D eigenvalue weighted by atomic mass is 32.2. The number of ether oxygens (including phenoxy) is 1. The Labute approximate surface area is 271 Å². The van der Waals surface area contributed by atoms with E-state index in [1.54, 1.807) is 36.8 Å². The Bertz CT molecular complexity index is 2050. The molecule has 12 nitrogen and oxygen atoms in total. The van der Waals surface area contributed by atoms with E-state index in [0.29, 0.717) is 58.7 Å². The van der Waals surface area contributed by atoms with Crippen molar-refractivity contribution < 1.29 is 22.3 Å². The molecule has 0 saturated carbocycles. The Morgan fingerprint density at radius 3 is 2.49 bits per heavy atom. The van der Waals surface area contributed by atoms with Gasteiger partial charge >= 0.3 is 0 Å². The maximum Gasteiger partial charge on any atom is 0.270 e. The molecule has 3 aliphatic heterocycles. The van der Waals surface area contributed by atoms with E-state index >= 15 is 0 Å². The number of amides is 1. The zero-order valence-electron chi connectivity index (χ0n) is 26.3. The monoisotopic (exact) mass is 658 g/mol. The Kier molecular flexibility index (Phi) is 7.77. The van der Waals surface area contributed by atoms with Crippen LogP contribution < -0.4 is 10.5 Å². The number of nitrogen functional groups attached to an aromatic ring is 1. The average molecular weight is 659 g/mol. The van der Waals surface area contributed by atoms with E-state index in [0.717, 1.165) is 25.5 Å². The fraction of sp³-hybridized carbons (Fsp3) is 0.394. The van der Waals surface area contributed by atoms with Crippen LogP contribution in [0.4, 0.5) is 10.2 Å². The quantitative estimate of drug-likeness (QED) is 0.300. The van der Waals surface area contributed by atoms with Gasteiger partial charge in [0, 0.05) is 59.3 Å². The van der Waals surface area contributed by atoms with E-state index in [2.05, 4.69) is 20.3 Å². The van der Waals surface area contributed by atoms with Crippen LogP contribution in [-0.2, 0) is 14.6 Å². The second kappa shape index (κ2) is 11.8. The molecular weight excluding hydrogens is 623 g/mol. The topological polar surface area (TPSA) is 158 Å². The van der Waals surface area contributed by atoms with Gasteiger partial charge in [0.2, 0.25) is 0 Å². The molecule has 1 amide bonds. The summed E-state index contributed by atoms with van der Waals surface area (Å²) >= 11 is 0. The molecule has 1 aromatic carbocycles. The Hall–Kier alpha value is -4.72. The van der Waals surface area contributed by atoms with Gasteiger partial charge in [-0.1, -0.05) is 13.0 Å². The summed E-state index contributed by atoms with van der Waals surface area (Å²) in [6.45, 7) is 2.05. The number of carbonyl (C=O) groups is 1. The molecule has 244 valence electrons. The van der Waals surface area contributed by atoms with Gasteiger partial charge in [0.15, 0.2) is 27.1 Å². The normalized spacial score (nSPS) is 22.5. The van der Waals surface area contributed by atoms with Crippen molar-refractivity contribution in [3.63, 3.8) is 0 Å². The lowest BCUT2D eigenvalue weighted by Crippen LogP contribution is -2.50. The summed E-state index contributed by atoms with van der Waals surface area (Å²) in [5.41, 5.74) is 10.3. The van der Waals surface area contributed by atoms with Crippen LogP contribution in [0.15, 0.2) is 57.8 Å². The molecule has 2 saturated heterocycles. The van der Waals surface area contributed by atoms with Gasteiger partial charge in [0.05, 0.1) is 24.7 Å². The number of nitrogens with two attached hydrogens (primary N) is 1. The maximum absolute atomic E-state index is 14.3. The molecule has 0 aliphatic carbocycles. The van der Waals surface area contributed by atoms with E-state index < -0.39 is 15.7 Å². The molecule has 3 aromatic heterocycles. The summed E-state index contributed by atoms with van der Waals surface area (Å²) in [6.07, 6.45) is 10.4. The summed E-state index contributed by atoms with van der Waals surface area (Å²) in [5, 5.41) is 12.7. The van der Waals surface area contributed by atoms with Crippen LogP contribution in [0.25, 0.3) is 28.0 Å². The summed E-state index contributed by atoms with van der Waals surface area (Å²) in [4.78, 5) is 25.2. The first-order valence-corrected chi connectivity index (χ1v) is 17.6. The van der Waals surface area contributed by atoms with E-state index in [-0.39, 0.29) is 46.3 Å². The van der Waals surface area contributed by atoms with Gasteiger partial charge in [0.1, 0.15) is 16.4 Å². The van der Waals surface area contributed by atoms with Gasteiger partial charge in [0.25, 0.3) is 5.91 Å². The Morgan fingerprint density at radius 2 is 1.85 bits per heavy atom. The highest BCUT2D eigenvalue weighted by Crippen LogP contribution is 2.46. The lowest BCUT2D eigenvalue weighted by Gasteiger charge is -2.40. The van der Waals surface area contributed by atoms with Gasteiger partial charge in [-0.3, -0.25) is 9.78 Å². The van der Waals surface area contributed by atoms with Gasteiger partial charge in [-0.05, 0) is 62.8 Å². The molecule has 4 aromatic rings. The molecule has 3 unspecified atom stereocenters. The van der Waals surface area contributed by atoms with Gasteiger partial charge in [-0.25, -0.2) is 17.8 Å². The number of nitrogens with zero attached hydrogens (tertiary/aromatic N) is 7.